The molecule has 0 radical (unpaired) electrons. The molecule has 8 heteroatoms. The van der Waals surface area contributed by atoms with Crippen molar-refractivity contribution in [3.8, 4) is 0 Å². The van der Waals surface area contributed by atoms with Crippen LogP contribution in [-0.2, 0) is 0 Å². The first-order valence-electron chi connectivity index (χ1n) is 6.15. The largest absolute Gasteiger partial charge is 0.347 e. The predicted molar refractivity (Wildman–Crippen MR) is 82.8 cm³/mol. The van der Waals surface area contributed by atoms with Gasteiger partial charge in [0, 0.05) is 32.9 Å². The Morgan fingerprint density at radius 3 is 2.32 bits per heavy atom. The Labute approximate surface area is 119 Å². The lowest BCUT2D eigenvalue weighted by molar-refractivity contribution is 0.655. The summed E-state index contributed by atoms with van der Waals surface area (Å²) in [6.07, 6.45) is 3.13. The van der Waals surface area contributed by atoms with Crippen molar-refractivity contribution in [1.29, 1.82) is 0 Å². The highest BCUT2D eigenvalue weighted by molar-refractivity contribution is 7.98. The van der Waals surface area contributed by atoms with E-state index in [2.05, 4.69) is 38.5 Å². The maximum absolute atomic E-state index is 5.41. The Bertz CT molecular complexity index is 399. The van der Waals surface area contributed by atoms with Crippen LogP contribution in [0, 0.1) is 0 Å². The van der Waals surface area contributed by atoms with Gasteiger partial charge in [0.15, 0.2) is 0 Å². The maximum atomic E-state index is 5.41. The molecule has 19 heavy (non-hydrogen) atoms. The number of aromatic nitrogens is 3. The Hall–Kier alpha value is -1.28. The molecule has 1 unspecified atom stereocenters. The zero-order valence-electron chi connectivity index (χ0n) is 12.2. The smallest absolute Gasteiger partial charge is 0.243 e. The number of rotatable bonds is 7. The summed E-state index contributed by atoms with van der Waals surface area (Å²) in [4.78, 5) is 16.9. The molecule has 1 aromatic heterocycles. The first kappa shape index (κ1) is 15.8. The second kappa shape index (κ2) is 7.34. The summed E-state index contributed by atoms with van der Waals surface area (Å²) in [6.45, 7) is 2.16. The Morgan fingerprint density at radius 1 is 1.21 bits per heavy atom. The molecule has 1 atom stereocenters. The summed E-state index contributed by atoms with van der Waals surface area (Å²) >= 11 is 1.81. The Balaban J connectivity index is 3.06. The molecule has 0 aliphatic rings. The van der Waals surface area contributed by atoms with E-state index in [4.69, 9.17) is 5.84 Å². The number of anilines is 3. The molecule has 0 spiro atoms. The minimum absolute atomic E-state index is 0.375. The van der Waals surface area contributed by atoms with E-state index >= 15 is 0 Å². The quantitative estimate of drug-likeness (QED) is 0.562. The second-order valence-corrected chi connectivity index (χ2v) is 5.34. The highest BCUT2D eigenvalue weighted by atomic mass is 32.2. The van der Waals surface area contributed by atoms with Crippen molar-refractivity contribution in [3.63, 3.8) is 0 Å². The lowest BCUT2D eigenvalue weighted by Gasteiger charge is -2.27. The van der Waals surface area contributed by atoms with Gasteiger partial charge in [-0.3, -0.25) is 5.43 Å². The molecule has 108 valence electrons. The average Bonchev–Trinajstić information content (AvgIpc) is 2.43. The third-order valence-electron chi connectivity index (χ3n) is 2.83. The lowest BCUT2D eigenvalue weighted by atomic mass is 10.2. The van der Waals surface area contributed by atoms with Crippen LogP contribution in [0.3, 0.4) is 0 Å². The lowest BCUT2D eigenvalue weighted by Crippen LogP contribution is -2.35. The monoisotopic (exact) mass is 285 g/mol. The van der Waals surface area contributed by atoms with E-state index in [0.29, 0.717) is 23.9 Å². The number of thioether (sulfide) groups is 1. The first-order chi connectivity index (χ1) is 9.03. The number of hydrogen-bond acceptors (Lipinski definition) is 8. The van der Waals surface area contributed by atoms with Crippen LogP contribution in [0.25, 0.3) is 0 Å². The number of nitrogen functional groups attached to an aromatic ring is 1. The average molecular weight is 285 g/mol. The normalized spacial score (nSPS) is 12.1. The van der Waals surface area contributed by atoms with Crippen molar-refractivity contribution in [1.82, 2.24) is 15.0 Å². The molecule has 0 aromatic carbocycles. The van der Waals surface area contributed by atoms with Gasteiger partial charge in [0.25, 0.3) is 0 Å². The number of hydrazine groups is 1. The summed E-state index contributed by atoms with van der Waals surface area (Å²) < 4.78 is 0. The van der Waals surface area contributed by atoms with Crippen LogP contribution < -0.4 is 21.1 Å². The molecule has 3 N–H and O–H groups in total. The first-order valence-corrected chi connectivity index (χ1v) is 7.54. The Kier molecular flexibility index (Phi) is 6.10. The highest BCUT2D eigenvalue weighted by Gasteiger charge is 2.17. The van der Waals surface area contributed by atoms with E-state index in [1.54, 1.807) is 0 Å². The second-order valence-electron chi connectivity index (χ2n) is 4.43. The van der Waals surface area contributed by atoms with Crippen molar-refractivity contribution >= 4 is 29.6 Å². The minimum atomic E-state index is 0.375. The number of nitrogens with zero attached hydrogens (tertiary/aromatic N) is 5. The van der Waals surface area contributed by atoms with Crippen LogP contribution in [0.2, 0.25) is 0 Å². The van der Waals surface area contributed by atoms with Crippen LogP contribution in [-0.4, -0.2) is 54.1 Å². The fourth-order valence-electron chi connectivity index (χ4n) is 1.64. The van der Waals surface area contributed by atoms with Gasteiger partial charge >= 0.3 is 0 Å². The summed E-state index contributed by atoms with van der Waals surface area (Å²) in [6, 6.07) is 0.387. The number of nitrogens with two attached hydrogens (primary N) is 1. The topological polar surface area (TPSA) is 83.2 Å². The number of hydrogen-bond donors (Lipinski definition) is 2. The summed E-state index contributed by atoms with van der Waals surface area (Å²) in [5.74, 6) is 8.03. The molecule has 7 nitrogen and oxygen atoms in total. The standard InChI is InChI=1S/C11H23N7S/c1-6-8(7-19-5)18(4)11-14-9(16-12)13-10(15-11)17(2)3/h8H,6-7,12H2,1-5H3,(H,13,14,15,16). The van der Waals surface area contributed by atoms with Crippen molar-refractivity contribution in [2.75, 3.05) is 48.4 Å². The molecule has 0 saturated heterocycles. The molecular weight excluding hydrogens is 262 g/mol. The molecule has 0 saturated carbocycles. The van der Waals surface area contributed by atoms with E-state index < -0.39 is 0 Å². The van der Waals surface area contributed by atoms with Gasteiger partial charge in [-0.25, -0.2) is 5.84 Å². The van der Waals surface area contributed by atoms with E-state index in [-0.39, 0.29) is 0 Å². The predicted octanol–water partition coefficient (Wildman–Crippen LogP) is 0.801. The van der Waals surface area contributed by atoms with Crippen molar-refractivity contribution in [2.24, 2.45) is 5.84 Å². The molecular formula is C11H23N7S. The summed E-state index contributed by atoms with van der Waals surface area (Å²) in [5.41, 5.74) is 2.49. The van der Waals surface area contributed by atoms with E-state index in [0.717, 1.165) is 12.2 Å². The van der Waals surface area contributed by atoms with Gasteiger partial charge in [-0.15, -0.1) is 0 Å². The SMILES string of the molecule is CCC(CSC)N(C)c1nc(NN)nc(N(C)C)n1. The third-order valence-corrected chi connectivity index (χ3v) is 3.55. The fraction of sp³-hybridized carbons (Fsp3) is 0.727. The minimum Gasteiger partial charge on any atom is -0.347 e. The van der Waals surface area contributed by atoms with Gasteiger partial charge < -0.3 is 9.80 Å². The van der Waals surface area contributed by atoms with Crippen molar-refractivity contribution in [3.05, 3.63) is 0 Å². The molecule has 0 amide bonds. The van der Waals surface area contributed by atoms with Gasteiger partial charge in [0.1, 0.15) is 0 Å². The summed E-state index contributed by atoms with van der Waals surface area (Å²) in [5, 5.41) is 0. The fourth-order valence-corrected chi connectivity index (χ4v) is 2.48. The van der Waals surface area contributed by atoms with Gasteiger partial charge in [-0.05, 0) is 12.7 Å². The molecule has 1 aromatic rings. The number of nitrogens with one attached hydrogen (secondary N) is 1. The van der Waals surface area contributed by atoms with Crippen molar-refractivity contribution < 1.29 is 0 Å². The Morgan fingerprint density at radius 2 is 1.84 bits per heavy atom. The molecule has 0 aliphatic carbocycles. The van der Waals surface area contributed by atoms with E-state index in [1.807, 2.05) is 37.8 Å². The molecule has 1 heterocycles. The van der Waals surface area contributed by atoms with Gasteiger partial charge in [-0.1, -0.05) is 6.92 Å². The van der Waals surface area contributed by atoms with Crippen LogP contribution in [0.1, 0.15) is 13.3 Å². The van der Waals surface area contributed by atoms with E-state index in [9.17, 15) is 0 Å². The van der Waals surface area contributed by atoms with Crippen LogP contribution in [0.15, 0.2) is 0 Å². The molecule has 1 rings (SSSR count). The van der Waals surface area contributed by atoms with Crippen LogP contribution in [0.4, 0.5) is 17.8 Å². The zero-order valence-corrected chi connectivity index (χ0v) is 13.0. The molecule has 0 aliphatic heterocycles. The maximum Gasteiger partial charge on any atom is 0.243 e. The van der Waals surface area contributed by atoms with E-state index in [1.165, 1.54) is 0 Å². The summed E-state index contributed by atoms with van der Waals surface area (Å²) in [7, 11) is 5.77. The molecule has 0 bridgehead atoms. The van der Waals surface area contributed by atoms with Crippen LogP contribution in [0.5, 0.6) is 0 Å². The van der Waals surface area contributed by atoms with Gasteiger partial charge in [0.05, 0.1) is 0 Å². The molecule has 0 fully saturated rings. The highest BCUT2D eigenvalue weighted by Crippen LogP contribution is 2.18. The third kappa shape index (κ3) is 4.10. The zero-order chi connectivity index (χ0) is 14.4. The van der Waals surface area contributed by atoms with Gasteiger partial charge in [0.2, 0.25) is 17.8 Å². The van der Waals surface area contributed by atoms with Crippen LogP contribution >= 0.6 is 11.8 Å². The van der Waals surface area contributed by atoms with Gasteiger partial charge in [-0.2, -0.15) is 26.7 Å². The van der Waals surface area contributed by atoms with Crippen molar-refractivity contribution in [2.45, 2.75) is 19.4 Å².